The molecule has 1 atom stereocenters. The van der Waals surface area contributed by atoms with E-state index in [1.54, 1.807) is 11.3 Å². The first-order valence-electron chi connectivity index (χ1n) is 6.00. The zero-order chi connectivity index (χ0) is 12.4. The molecular weight excluding hydrogens is 242 g/mol. The number of aliphatic imine (C=N–C) groups is 1. The van der Waals surface area contributed by atoms with Gasteiger partial charge in [0, 0.05) is 5.56 Å². The molecule has 0 aliphatic carbocycles. The van der Waals surface area contributed by atoms with Crippen molar-refractivity contribution in [3.05, 3.63) is 52.2 Å². The van der Waals surface area contributed by atoms with E-state index in [1.807, 2.05) is 13.1 Å². The second-order valence-corrected chi connectivity index (χ2v) is 5.12. The van der Waals surface area contributed by atoms with Crippen LogP contribution in [0.5, 0.6) is 0 Å². The standard InChI is InChI=1S/C14H15N3S/c1-15-12-9-16-13(10-5-3-2-4-6-10)14-11(17-12)7-8-18-14/h2-8,12,15,17H,9H2,1H3. The molecule has 3 nitrogen and oxygen atoms in total. The molecule has 92 valence electrons. The Morgan fingerprint density at radius 1 is 1.28 bits per heavy atom. The Kier molecular flexibility index (Phi) is 3.13. The van der Waals surface area contributed by atoms with Crippen LogP contribution in [0.4, 0.5) is 5.69 Å². The summed E-state index contributed by atoms with van der Waals surface area (Å²) in [7, 11) is 1.95. The molecule has 0 saturated carbocycles. The number of anilines is 1. The number of thiophene rings is 1. The summed E-state index contributed by atoms with van der Waals surface area (Å²) in [4.78, 5) is 5.98. The predicted molar refractivity (Wildman–Crippen MR) is 77.7 cm³/mol. The van der Waals surface area contributed by atoms with Crippen LogP contribution in [-0.2, 0) is 0 Å². The maximum Gasteiger partial charge on any atom is 0.0966 e. The van der Waals surface area contributed by atoms with Crippen LogP contribution in [-0.4, -0.2) is 25.5 Å². The van der Waals surface area contributed by atoms with E-state index in [0.717, 1.165) is 12.3 Å². The number of hydrogen-bond acceptors (Lipinski definition) is 4. The lowest BCUT2D eigenvalue weighted by Gasteiger charge is -2.14. The van der Waals surface area contributed by atoms with Crippen molar-refractivity contribution in [2.24, 2.45) is 4.99 Å². The van der Waals surface area contributed by atoms with Gasteiger partial charge < -0.3 is 5.32 Å². The second-order valence-electron chi connectivity index (χ2n) is 4.20. The Hall–Kier alpha value is -1.65. The highest BCUT2D eigenvalue weighted by molar-refractivity contribution is 7.13. The van der Waals surface area contributed by atoms with E-state index in [2.05, 4.69) is 46.3 Å². The lowest BCUT2D eigenvalue weighted by molar-refractivity contribution is 0.639. The van der Waals surface area contributed by atoms with E-state index in [1.165, 1.54) is 16.1 Å². The highest BCUT2D eigenvalue weighted by Gasteiger charge is 2.19. The Balaban J connectivity index is 2.07. The normalized spacial score (nSPS) is 18.5. The molecule has 0 spiro atoms. The lowest BCUT2D eigenvalue weighted by Crippen LogP contribution is -2.35. The second kappa shape index (κ2) is 4.92. The molecule has 0 amide bonds. The number of benzene rings is 1. The summed E-state index contributed by atoms with van der Waals surface area (Å²) < 4.78 is 0. The molecule has 0 radical (unpaired) electrons. The number of nitrogens with one attached hydrogen (secondary N) is 2. The zero-order valence-electron chi connectivity index (χ0n) is 10.2. The fourth-order valence-corrected chi connectivity index (χ4v) is 2.96. The maximum absolute atomic E-state index is 4.76. The minimum Gasteiger partial charge on any atom is -0.367 e. The number of hydrogen-bond donors (Lipinski definition) is 2. The molecule has 2 N–H and O–H groups in total. The van der Waals surface area contributed by atoms with Crippen molar-refractivity contribution in [2.75, 3.05) is 18.9 Å². The zero-order valence-corrected chi connectivity index (χ0v) is 11.0. The molecule has 0 bridgehead atoms. The number of nitrogens with zero attached hydrogens (tertiary/aromatic N) is 1. The molecule has 1 unspecified atom stereocenters. The van der Waals surface area contributed by atoms with Crippen LogP contribution in [0.3, 0.4) is 0 Å². The Morgan fingerprint density at radius 3 is 2.89 bits per heavy atom. The van der Waals surface area contributed by atoms with Crippen molar-refractivity contribution in [1.29, 1.82) is 0 Å². The van der Waals surface area contributed by atoms with Crippen LogP contribution >= 0.6 is 11.3 Å². The minimum absolute atomic E-state index is 0.194. The van der Waals surface area contributed by atoms with Crippen LogP contribution < -0.4 is 10.6 Å². The van der Waals surface area contributed by atoms with Gasteiger partial charge >= 0.3 is 0 Å². The smallest absolute Gasteiger partial charge is 0.0966 e. The van der Waals surface area contributed by atoms with E-state index in [9.17, 15) is 0 Å². The average molecular weight is 257 g/mol. The summed E-state index contributed by atoms with van der Waals surface area (Å²) in [6, 6.07) is 12.5. The van der Waals surface area contributed by atoms with E-state index >= 15 is 0 Å². The molecule has 1 aromatic carbocycles. The summed E-state index contributed by atoms with van der Waals surface area (Å²) in [5, 5.41) is 8.81. The molecule has 0 fully saturated rings. The van der Waals surface area contributed by atoms with Crippen LogP contribution in [0.15, 0.2) is 46.8 Å². The first-order valence-corrected chi connectivity index (χ1v) is 6.88. The van der Waals surface area contributed by atoms with Gasteiger partial charge in [0.2, 0.25) is 0 Å². The van der Waals surface area contributed by atoms with Gasteiger partial charge in [0.15, 0.2) is 0 Å². The first kappa shape index (κ1) is 11.4. The maximum atomic E-state index is 4.76. The van der Waals surface area contributed by atoms with E-state index in [-0.39, 0.29) is 6.17 Å². The van der Waals surface area contributed by atoms with Gasteiger partial charge in [-0.05, 0) is 18.5 Å². The monoisotopic (exact) mass is 257 g/mol. The molecule has 4 heteroatoms. The molecule has 0 saturated heterocycles. The summed E-state index contributed by atoms with van der Waals surface area (Å²) in [5.41, 5.74) is 3.44. The van der Waals surface area contributed by atoms with Crippen molar-refractivity contribution < 1.29 is 0 Å². The van der Waals surface area contributed by atoms with Crippen LogP contribution in [0, 0.1) is 0 Å². The van der Waals surface area contributed by atoms with Gasteiger partial charge in [-0.1, -0.05) is 30.3 Å². The van der Waals surface area contributed by atoms with Crippen LogP contribution in [0.25, 0.3) is 0 Å². The fourth-order valence-electron chi connectivity index (χ4n) is 2.08. The fraction of sp³-hybridized carbons (Fsp3) is 0.214. The first-order chi connectivity index (χ1) is 8.88. The van der Waals surface area contributed by atoms with Crippen molar-refractivity contribution in [2.45, 2.75) is 6.17 Å². The van der Waals surface area contributed by atoms with Gasteiger partial charge in [-0.3, -0.25) is 10.3 Å². The minimum atomic E-state index is 0.194. The third-order valence-corrected chi connectivity index (χ3v) is 3.96. The van der Waals surface area contributed by atoms with Gasteiger partial charge in [0.05, 0.1) is 29.0 Å². The Labute approximate surface area is 111 Å². The molecular formula is C14H15N3S. The van der Waals surface area contributed by atoms with Crippen molar-refractivity contribution >= 4 is 22.7 Å². The highest BCUT2D eigenvalue weighted by Crippen LogP contribution is 2.28. The highest BCUT2D eigenvalue weighted by atomic mass is 32.1. The summed E-state index contributed by atoms with van der Waals surface area (Å²) in [5.74, 6) is 0. The predicted octanol–water partition coefficient (Wildman–Crippen LogP) is 2.56. The SMILES string of the molecule is CNC1CN=C(c2ccccc2)c2sccc2N1. The van der Waals surface area contributed by atoms with Gasteiger partial charge in [0.1, 0.15) is 0 Å². The summed E-state index contributed by atoms with van der Waals surface area (Å²) >= 11 is 1.73. The third kappa shape index (κ3) is 2.05. The Bertz CT molecular complexity index is 559. The van der Waals surface area contributed by atoms with Gasteiger partial charge in [-0.25, -0.2) is 0 Å². The lowest BCUT2D eigenvalue weighted by atomic mass is 10.1. The molecule has 1 aromatic heterocycles. The number of fused-ring (bicyclic) bond motifs is 1. The molecule has 1 aliphatic rings. The largest absolute Gasteiger partial charge is 0.367 e. The van der Waals surface area contributed by atoms with Gasteiger partial charge in [0.25, 0.3) is 0 Å². The molecule has 2 heterocycles. The summed E-state index contributed by atoms with van der Waals surface area (Å²) in [6.07, 6.45) is 0.194. The molecule has 1 aliphatic heterocycles. The summed E-state index contributed by atoms with van der Waals surface area (Å²) in [6.45, 7) is 0.738. The van der Waals surface area contributed by atoms with Crippen LogP contribution in [0.2, 0.25) is 0 Å². The third-order valence-electron chi connectivity index (χ3n) is 3.04. The van der Waals surface area contributed by atoms with Crippen molar-refractivity contribution in [3.8, 4) is 0 Å². The van der Waals surface area contributed by atoms with Crippen LogP contribution in [0.1, 0.15) is 10.4 Å². The molecule has 3 rings (SSSR count). The van der Waals surface area contributed by atoms with E-state index in [0.29, 0.717) is 0 Å². The number of rotatable bonds is 2. The molecule has 2 aromatic rings. The van der Waals surface area contributed by atoms with Crippen molar-refractivity contribution in [3.63, 3.8) is 0 Å². The van der Waals surface area contributed by atoms with E-state index < -0.39 is 0 Å². The van der Waals surface area contributed by atoms with E-state index in [4.69, 9.17) is 4.99 Å². The Morgan fingerprint density at radius 2 is 2.11 bits per heavy atom. The molecule has 18 heavy (non-hydrogen) atoms. The topological polar surface area (TPSA) is 36.4 Å². The van der Waals surface area contributed by atoms with Gasteiger partial charge in [-0.2, -0.15) is 0 Å². The van der Waals surface area contributed by atoms with Gasteiger partial charge in [-0.15, -0.1) is 11.3 Å². The van der Waals surface area contributed by atoms with Crippen molar-refractivity contribution in [1.82, 2.24) is 5.32 Å². The quantitative estimate of drug-likeness (QED) is 0.867. The number of likely N-dealkylation sites (N-methyl/N-ethyl adjacent to an activating group) is 1. The average Bonchev–Trinajstić information content (AvgIpc) is 2.80.